The van der Waals surface area contributed by atoms with E-state index in [4.69, 9.17) is 42.6 Å². The zero-order valence-electron chi connectivity index (χ0n) is 38.2. The van der Waals surface area contributed by atoms with Crippen LogP contribution in [0.5, 0.6) is 5.75 Å². The van der Waals surface area contributed by atoms with Crippen molar-refractivity contribution in [1.82, 2.24) is 20.3 Å². The highest BCUT2D eigenvalue weighted by molar-refractivity contribution is 7.80. The number of hydroxylamine groups is 2. The lowest BCUT2D eigenvalue weighted by Gasteiger charge is -2.50. The maximum atomic E-state index is 13.2. The highest BCUT2D eigenvalue weighted by atomic mass is 32.3. The third-order valence-electron chi connectivity index (χ3n) is 8.91. The molecule has 2 aliphatic rings. The van der Waals surface area contributed by atoms with Crippen molar-refractivity contribution < 1.29 is 59.5 Å². The van der Waals surface area contributed by atoms with Crippen molar-refractivity contribution in [3.8, 4) is 137 Å². The molecule has 22 heteroatoms. The number of fused-ring (bicyclic) bond motifs is 1. The molecular weight excluding hydrogens is 992 g/mol. The number of nitrogens with one attached hydrogen (secondary N) is 2. The fourth-order valence-electron chi connectivity index (χ4n) is 5.69. The summed E-state index contributed by atoms with van der Waals surface area (Å²) in [5.74, 6) is 44.3. The summed E-state index contributed by atoms with van der Waals surface area (Å²) >= 11 is 1.10. The van der Waals surface area contributed by atoms with Gasteiger partial charge in [0.25, 0.3) is 5.91 Å². The zero-order valence-corrected chi connectivity index (χ0v) is 39.8. The van der Waals surface area contributed by atoms with Crippen molar-refractivity contribution in [2.75, 3.05) is 37.4 Å². The van der Waals surface area contributed by atoms with Gasteiger partial charge in [0, 0.05) is 53.1 Å². The summed E-state index contributed by atoms with van der Waals surface area (Å²) in [7, 11) is -4.92. The minimum Gasteiger partial charge on any atom is -0.542 e. The summed E-state index contributed by atoms with van der Waals surface area (Å²) in [6, 6.07) is 7.99. The molecule has 73 heavy (non-hydrogen) atoms. The van der Waals surface area contributed by atoms with Crippen molar-refractivity contribution in [3.63, 3.8) is 0 Å². The molecule has 368 valence electrons. The summed E-state index contributed by atoms with van der Waals surface area (Å²) in [6.45, 7) is 5.07. The number of carboxylic acids is 1. The van der Waals surface area contributed by atoms with Gasteiger partial charge in [0.05, 0.1) is 11.5 Å². The number of ketones is 1. The number of thiazole rings is 1. The molecule has 17 nitrogen and oxygen atoms in total. The van der Waals surface area contributed by atoms with Gasteiger partial charge in [-0.25, -0.2) is 9.97 Å². The van der Waals surface area contributed by atoms with Gasteiger partial charge in [0.15, 0.2) is 23.2 Å². The van der Waals surface area contributed by atoms with E-state index < -0.39 is 45.7 Å². The molecule has 2 aliphatic heterocycles. The summed E-state index contributed by atoms with van der Waals surface area (Å²) in [4.78, 5) is 48.6. The highest BCUT2D eigenvalue weighted by Crippen LogP contribution is 2.40. The Bertz CT molecular complexity index is 3320. The predicted molar refractivity (Wildman–Crippen MR) is 261 cm³/mol. The van der Waals surface area contributed by atoms with Crippen LogP contribution in [0.3, 0.4) is 0 Å². The maximum absolute atomic E-state index is 13.2. The van der Waals surface area contributed by atoms with Crippen LogP contribution in [-0.2, 0) is 33.9 Å². The standard InChI is InChI=1S/C27H33N7O8S2.C22H2.C2HF3O2/c1-27(2)20(25(36)34(27)42-44(37,38)39)14-22(35)23(21-15-43-26(28)32-21)33-41-12-11-40-18-3-4-19-16(13-18)5-10-30-24(19)31-17-6-8-29-9-7-17;1-3-5-7-9-11-13-15-17-19-21-22-20-18-16-14-12-10-8-6-4-2;3-2(4,5)1(6)7/h3-5,10,13,15,17,20,29H,6-9,11-12,14H2,1-2H3,(H2,28,32)(H,30,31)(H,37,38,39);1-2H;(H,6,7)/p-1/b33-23-;;/t20-;;/m1../s1. The number of carboxylic acid groups (broad SMARTS) is 1. The summed E-state index contributed by atoms with van der Waals surface area (Å²) < 4.78 is 72.9. The lowest BCUT2D eigenvalue weighted by molar-refractivity contribution is -0.344. The molecule has 2 aromatic heterocycles. The van der Waals surface area contributed by atoms with Crippen LogP contribution in [-0.4, -0.2) is 95.4 Å². The van der Waals surface area contributed by atoms with Gasteiger partial charge >= 0.3 is 16.6 Å². The topological polar surface area (TPSA) is 248 Å². The molecule has 4 heterocycles. The summed E-state index contributed by atoms with van der Waals surface area (Å²) in [5.41, 5.74) is 4.56. The minimum absolute atomic E-state index is 0.00285. The first-order valence-electron chi connectivity index (χ1n) is 20.4. The monoisotopic (exact) mass is 1030 g/mol. The Hall–Kier alpha value is -9.48. The molecule has 5 N–H and O–H groups in total. The van der Waals surface area contributed by atoms with Crippen LogP contribution in [0.4, 0.5) is 24.1 Å². The number of β-lactam (4-membered cyclic amide) rings is 1. The van der Waals surface area contributed by atoms with Crippen molar-refractivity contribution in [2.45, 2.75) is 50.9 Å². The van der Waals surface area contributed by atoms with Gasteiger partial charge in [-0.15, -0.1) is 28.5 Å². The molecule has 0 spiro atoms. The van der Waals surface area contributed by atoms with E-state index in [-0.39, 0.29) is 36.2 Å². The molecule has 1 atom stereocenters. The van der Waals surface area contributed by atoms with E-state index >= 15 is 0 Å². The van der Waals surface area contributed by atoms with Crippen LogP contribution >= 0.6 is 11.3 Å². The Balaban J connectivity index is 0.000000405. The van der Waals surface area contributed by atoms with Gasteiger partial charge in [-0.3, -0.25) is 14.1 Å². The molecule has 2 fully saturated rings. The molecule has 0 bridgehead atoms. The largest absolute Gasteiger partial charge is 0.542 e. The average Bonchev–Trinajstić information content (AvgIpc) is 3.78. The number of hydrogen-bond acceptors (Lipinski definition) is 16. The van der Waals surface area contributed by atoms with E-state index in [0.29, 0.717) is 16.9 Å². The number of benzene rings is 1. The van der Waals surface area contributed by atoms with Crippen LogP contribution in [0, 0.1) is 137 Å². The second kappa shape index (κ2) is 29.5. The lowest BCUT2D eigenvalue weighted by atomic mass is 9.74. The Morgan fingerprint density at radius 2 is 1.45 bits per heavy atom. The number of anilines is 2. The van der Waals surface area contributed by atoms with Gasteiger partial charge in [-0.1, -0.05) is 5.16 Å². The van der Waals surface area contributed by atoms with Crippen molar-refractivity contribution in [1.29, 1.82) is 0 Å². The molecule has 2 saturated heterocycles. The number of nitrogens with two attached hydrogens (primary N) is 1. The Kier molecular flexibility index (Phi) is 23.4. The van der Waals surface area contributed by atoms with E-state index in [1.165, 1.54) is 19.2 Å². The van der Waals surface area contributed by atoms with Crippen LogP contribution < -0.4 is 26.2 Å². The van der Waals surface area contributed by atoms with Crippen molar-refractivity contribution in [2.24, 2.45) is 11.1 Å². The van der Waals surface area contributed by atoms with E-state index in [1.54, 1.807) is 6.20 Å². The second-order valence-electron chi connectivity index (χ2n) is 14.2. The number of carbonyl (C=O) groups is 3. The lowest BCUT2D eigenvalue weighted by Crippen LogP contribution is -2.68. The fraction of sp³-hybridized carbons (Fsp3) is 0.255. The molecule has 0 saturated carbocycles. The quantitative estimate of drug-likeness (QED) is 0.0476. The zero-order chi connectivity index (χ0) is 53.7. The van der Waals surface area contributed by atoms with Gasteiger partial charge in [-0.2, -0.15) is 26.7 Å². The van der Waals surface area contributed by atoms with Gasteiger partial charge in [0.2, 0.25) is 0 Å². The van der Waals surface area contributed by atoms with Gasteiger partial charge in [0.1, 0.15) is 29.8 Å². The fourth-order valence-corrected chi connectivity index (χ4v) is 6.69. The van der Waals surface area contributed by atoms with Crippen LogP contribution in [0.25, 0.3) is 10.8 Å². The molecule has 3 aromatic rings. The molecule has 1 aromatic carbocycles. The number of nitrogen functional groups attached to an aromatic ring is 1. The van der Waals surface area contributed by atoms with Crippen LogP contribution in [0.1, 0.15) is 38.8 Å². The Morgan fingerprint density at radius 1 is 0.932 bits per heavy atom. The number of piperidine rings is 1. The number of pyridine rings is 1. The van der Waals surface area contributed by atoms with E-state index in [0.717, 1.165) is 53.9 Å². The first-order valence-corrected chi connectivity index (χ1v) is 22.7. The average molecular weight is 1030 g/mol. The first kappa shape index (κ1) is 57.8. The SMILES string of the molecule is C#CC#CC#CC#CC#CC#CC#CC#CC#CC#CC#C.CC1(C)[C@H](CC(=O)/C(=N\OCCOc2ccc3c(NC4CCNCC4)nccc3c2)c2csc(N)n2)C(=O)N1OS(=O)(=O)O.O=C([O-])C(F)(F)F. The first-order chi connectivity index (χ1) is 34.8. The van der Waals surface area contributed by atoms with E-state index in [1.807, 2.05) is 24.3 Å². The molecule has 5 rings (SSSR count). The highest BCUT2D eigenvalue weighted by Gasteiger charge is 2.57. The van der Waals surface area contributed by atoms with E-state index in [2.05, 4.69) is 148 Å². The third kappa shape index (κ3) is 21.0. The van der Waals surface area contributed by atoms with E-state index in [9.17, 15) is 31.2 Å². The molecule has 0 aliphatic carbocycles. The molecule has 0 unspecified atom stereocenters. The smallest absolute Gasteiger partial charge is 0.430 e. The van der Waals surface area contributed by atoms with Crippen molar-refractivity contribution in [3.05, 3.63) is 41.5 Å². The number of amides is 1. The Morgan fingerprint density at radius 3 is 1.90 bits per heavy atom. The number of alkyl halides is 3. The number of Topliss-reactive ketones (excluding diaryl/α,β-unsaturated/α-hetero) is 1. The number of hydrogen-bond donors (Lipinski definition) is 4. The molecular formula is C51H35F3N7O10S2-. The van der Waals surface area contributed by atoms with Gasteiger partial charge < -0.3 is 35.8 Å². The number of oxime groups is 1. The number of aromatic nitrogens is 2. The third-order valence-corrected chi connectivity index (χ3v) is 9.93. The number of rotatable bonds is 13. The Labute approximate surface area is 422 Å². The number of carbonyl (C=O) groups excluding carboxylic acids is 3. The molecule has 0 radical (unpaired) electrons. The second-order valence-corrected chi connectivity index (χ2v) is 16.1. The number of halogens is 3. The van der Waals surface area contributed by atoms with Crippen LogP contribution in [0.15, 0.2) is 41.0 Å². The van der Waals surface area contributed by atoms with Gasteiger partial charge in [-0.05, 0) is 164 Å². The number of aliphatic carboxylic acids is 1. The predicted octanol–water partition coefficient (Wildman–Crippen LogP) is 1.75. The molecule has 1 amide bonds. The van der Waals surface area contributed by atoms with Crippen LogP contribution in [0.2, 0.25) is 0 Å². The van der Waals surface area contributed by atoms with Crippen molar-refractivity contribution >= 4 is 66.8 Å². The summed E-state index contributed by atoms with van der Waals surface area (Å²) in [6.07, 6.45) is 8.09. The number of nitrogens with zero attached hydrogens (tertiary/aromatic N) is 4. The number of ether oxygens (including phenoxy) is 1. The minimum atomic E-state index is -5.19. The number of terminal acetylenes is 2. The summed E-state index contributed by atoms with van der Waals surface area (Å²) in [5, 5.41) is 23.9. The maximum Gasteiger partial charge on any atom is 0.430 e. The normalized spacial score (nSPS) is 13.7.